The van der Waals surface area contributed by atoms with Crippen molar-refractivity contribution in [2.24, 2.45) is 11.3 Å². The molecular formula is C18H27N3O2. The van der Waals surface area contributed by atoms with E-state index in [2.05, 4.69) is 10.3 Å². The summed E-state index contributed by atoms with van der Waals surface area (Å²) in [6.45, 7) is 9.06. The van der Waals surface area contributed by atoms with Gasteiger partial charge in [0, 0.05) is 30.6 Å². The highest BCUT2D eigenvalue weighted by Gasteiger charge is 2.32. The van der Waals surface area contributed by atoms with E-state index in [0.29, 0.717) is 13.1 Å². The van der Waals surface area contributed by atoms with E-state index in [0.717, 1.165) is 18.5 Å². The van der Waals surface area contributed by atoms with Crippen LogP contribution >= 0.6 is 0 Å². The number of amides is 2. The molecule has 2 amide bonds. The van der Waals surface area contributed by atoms with Crippen LogP contribution in [0.1, 0.15) is 52.3 Å². The van der Waals surface area contributed by atoms with Crippen molar-refractivity contribution in [1.82, 2.24) is 15.2 Å². The van der Waals surface area contributed by atoms with Gasteiger partial charge in [-0.25, -0.2) is 0 Å². The fourth-order valence-corrected chi connectivity index (χ4v) is 2.86. The Morgan fingerprint density at radius 1 is 1.26 bits per heavy atom. The zero-order valence-electron chi connectivity index (χ0n) is 14.5. The molecule has 0 radical (unpaired) electrons. The first-order valence-corrected chi connectivity index (χ1v) is 8.29. The standard InChI is InChI=1S/C18H27N3O2/c1-13(15-7-5-6-10-19-15)20-16(22)14-8-11-21(12-9-14)17(23)18(2,3)4/h5-7,10,13-14H,8-9,11-12H2,1-4H3,(H,20,22). The third-order valence-corrected chi connectivity index (χ3v) is 4.28. The fraction of sp³-hybridized carbons (Fsp3) is 0.611. The normalized spacial score (nSPS) is 17.7. The Morgan fingerprint density at radius 2 is 1.91 bits per heavy atom. The average molecular weight is 317 g/mol. The molecule has 1 N–H and O–H groups in total. The van der Waals surface area contributed by atoms with Gasteiger partial charge in [0.15, 0.2) is 0 Å². The molecule has 5 heteroatoms. The van der Waals surface area contributed by atoms with Crippen LogP contribution in [0.3, 0.4) is 0 Å². The third kappa shape index (κ3) is 4.53. The molecule has 1 aromatic rings. The molecule has 2 heterocycles. The van der Waals surface area contributed by atoms with Crippen molar-refractivity contribution in [3.63, 3.8) is 0 Å². The van der Waals surface area contributed by atoms with Gasteiger partial charge in [-0.2, -0.15) is 0 Å². The molecule has 1 aliphatic heterocycles. The Balaban J connectivity index is 1.85. The molecule has 1 atom stereocenters. The lowest BCUT2D eigenvalue weighted by atomic mass is 9.90. The molecular weight excluding hydrogens is 290 g/mol. The number of pyridine rings is 1. The van der Waals surface area contributed by atoms with E-state index in [4.69, 9.17) is 0 Å². The molecule has 126 valence electrons. The lowest BCUT2D eigenvalue weighted by Gasteiger charge is -2.35. The van der Waals surface area contributed by atoms with E-state index in [1.165, 1.54) is 0 Å². The van der Waals surface area contributed by atoms with Crippen molar-refractivity contribution in [2.45, 2.75) is 46.6 Å². The van der Waals surface area contributed by atoms with Crippen molar-refractivity contribution < 1.29 is 9.59 Å². The van der Waals surface area contributed by atoms with Gasteiger partial charge in [0.2, 0.25) is 11.8 Å². The summed E-state index contributed by atoms with van der Waals surface area (Å²) in [5.41, 5.74) is 0.504. The maximum absolute atomic E-state index is 12.4. The number of hydrogen-bond donors (Lipinski definition) is 1. The topological polar surface area (TPSA) is 62.3 Å². The predicted molar refractivity (Wildman–Crippen MR) is 89.6 cm³/mol. The Morgan fingerprint density at radius 3 is 2.43 bits per heavy atom. The SMILES string of the molecule is CC(NC(=O)C1CCN(C(=O)C(C)(C)C)CC1)c1ccccn1. The van der Waals surface area contributed by atoms with Crippen LogP contribution in [0.15, 0.2) is 24.4 Å². The molecule has 1 aromatic heterocycles. The zero-order chi connectivity index (χ0) is 17.0. The molecule has 0 bridgehead atoms. The number of nitrogens with one attached hydrogen (secondary N) is 1. The summed E-state index contributed by atoms with van der Waals surface area (Å²) >= 11 is 0. The largest absolute Gasteiger partial charge is 0.348 e. The molecule has 0 aliphatic carbocycles. The molecule has 0 spiro atoms. The van der Waals surface area contributed by atoms with Gasteiger partial charge in [0.1, 0.15) is 0 Å². The molecule has 1 unspecified atom stereocenters. The Hall–Kier alpha value is -1.91. The summed E-state index contributed by atoms with van der Waals surface area (Å²) in [5, 5.41) is 3.04. The van der Waals surface area contributed by atoms with Gasteiger partial charge in [-0.05, 0) is 31.9 Å². The minimum Gasteiger partial charge on any atom is -0.348 e. The van der Waals surface area contributed by atoms with E-state index >= 15 is 0 Å². The maximum Gasteiger partial charge on any atom is 0.227 e. The summed E-state index contributed by atoms with van der Waals surface area (Å²) in [6, 6.07) is 5.59. The fourth-order valence-electron chi connectivity index (χ4n) is 2.86. The van der Waals surface area contributed by atoms with Crippen LogP contribution in [-0.2, 0) is 9.59 Å². The summed E-state index contributed by atoms with van der Waals surface area (Å²) in [7, 11) is 0. The Bertz CT molecular complexity index is 543. The van der Waals surface area contributed by atoms with Gasteiger partial charge in [-0.3, -0.25) is 14.6 Å². The molecule has 23 heavy (non-hydrogen) atoms. The molecule has 0 aromatic carbocycles. The molecule has 1 saturated heterocycles. The predicted octanol–water partition coefficient (Wildman–Crippen LogP) is 2.54. The van der Waals surface area contributed by atoms with E-state index in [-0.39, 0.29) is 29.2 Å². The number of nitrogens with zero attached hydrogens (tertiary/aromatic N) is 2. The highest BCUT2D eigenvalue weighted by atomic mass is 16.2. The monoisotopic (exact) mass is 317 g/mol. The number of rotatable bonds is 3. The van der Waals surface area contributed by atoms with Crippen LogP contribution < -0.4 is 5.32 Å². The maximum atomic E-state index is 12.4. The van der Waals surface area contributed by atoms with Gasteiger partial charge >= 0.3 is 0 Å². The second kappa shape index (κ2) is 7.11. The Labute approximate surface area is 138 Å². The van der Waals surface area contributed by atoms with Crippen molar-refractivity contribution >= 4 is 11.8 Å². The second-order valence-electron chi connectivity index (χ2n) is 7.30. The average Bonchev–Trinajstić information content (AvgIpc) is 2.54. The lowest BCUT2D eigenvalue weighted by molar-refractivity contribution is -0.142. The van der Waals surface area contributed by atoms with Crippen LogP contribution in [0.25, 0.3) is 0 Å². The van der Waals surface area contributed by atoms with E-state index < -0.39 is 0 Å². The van der Waals surface area contributed by atoms with E-state index in [1.54, 1.807) is 6.20 Å². The van der Waals surface area contributed by atoms with Crippen LogP contribution in [0.2, 0.25) is 0 Å². The molecule has 1 fully saturated rings. The van der Waals surface area contributed by atoms with Crippen LogP contribution in [0.4, 0.5) is 0 Å². The summed E-state index contributed by atoms with van der Waals surface area (Å²) in [6.07, 6.45) is 3.18. The smallest absolute Gasteiger partial charge is 0.227 e. The van der Waals surface area contributed by atoms with Gasteiger partial charge < -0.3 is 10.2 Å². The molecule has 2 rings (SSSR count). The van der Waals surface area contributed by atoms with Crippen LogP contribution in [0.5, 0.6) is 0 Å². The number of piperidine rings is 1. The van der Waals surface area contributed by atoms with Crippen molar-refractivity contribution in [3.05, 3.63) is 30.1 Å². The van der Waals surface area contributed by atoms with Crippen molar-refractivity contribution in [1.29, 1.82) is 0 Å². The van der Waals surface area contributed by atoms with Crippen LogP contribution in [-0.4, -0.2) is 34.8 Å². The quantitative estimate of drug-likeness (QED) is 0.932. The zero-order valence-corrected chi connectivity index (χ0v) is 14.5. The van der Waals surface area contributed by atoms with Gasteiger partial charge in [-0.15, -0.1) is 0 Å². The highest BCUT2D eigenvalue weighted by molar-refractivity contribution is 5.82. The lowest BCUT2D eigenvalue weighted by Crippen LogP contribution is -2.46. The number of hydrogen-bond acceptors (Lipinski definition) is 3. The van der Waals surface area contributed by atoms with Gasteiger partial charge in [0.05, 0.1) is 11.7 Å². The minimum atomic E-state index is -0.359. The number of aromatic nitrogens is 1. The second-order valence-corrected chi connectivity index (χ2v) is 7.30. The number of carbonyl (C=O) groups excluding carboxylic acids is 2. The number of carbonyl (C=O) groups is 2. The molecule has 0 saturated carbocycles. The van der Waals surface area contributed by atoms with E-state index in [1.807, 2.05) is 50.8 Å². The molecule has 5 nitrogen and oxygen atoms in total. The van der Waals surface area contributed by atoms with Gasteiger partial charge in [-0.1, -0.05) is 26.8 Å². The highest BCUT2D eigenvalue weighted by Crippen LogP contribution is 2.24. The Kier molecular flexibility index (Phi) is 5.39. The van der Waals surface area contributed by atoms with Crippen molar-refractivity contribution in [2.75, 3.05) is 13.1 Å². The first kappa shape index (κ1) is 17.4. The summed E-state index contributed by atoms with van der Waals surface area (Å²) in [5.74, 6) is 0.203. The third-order valence-electron chi connectivity index (χ3n) is 4.28. The number of likely N-dealkylation sites (tertiary alicyclic amines) is 1. The van der Waals surface area contributed by atoms with Crippen molar-refractivity contribution in [3.8, 4) is 0 Å². The molecule has 1 aliphatic rings. The van der Waals surface area contributed by atoms with Gasteiger partial charge in [0.25, 0.3) is 0 Å². The summed E-state index contributed by atoms with van der Waals surface area (Å²) < 4.78 is 0. The first-order chi connectivity index (χ1) is 10.8. The minimum absolute atomic E-state index is 0.0230. The van der Waals surface area contributed by atoms with E-state index in [9.17, 15) is 9.59 Å². The first-order valence-electron chi connectivity index (χ1n) is 8.29. The summed E-state index contributed by atoms with van der Waals surface area (Å²) in [4.78, 5) is 30.8. The van der Waals surface area contributed by atoms with Crippen LogP contribution in [0, 0.1) is 11.3 Å².